The summed E-state index contributed by atoms with van der Waals surface area (Å²) < 4.78 is 16.0. The molecule has 1 aliphatic carbocycles. The number of methoxy groups -OCH3 is 3. The first-order valence-electron chi connectivity index (χ1n) is 9.33. The van der Waals surface area contributed by atoms with Crippen LogP contribution in [-0.4, -0.2) is 37.4 Å². The third kappa shape index (κ3) is 4.18. The molecule has 3 rings (SSSR count). The van der Waals surface area contributed by atoms with Crippen molar-refractivity contribution in [1.82, 2.24) is 10.2 Å². The Morgan fingerprint density at radius 3 is 2.37 bits per heavy atom. The molecule has 0 aliphatic heterocycles. The van der Waals surface area contributed by atoms with E-state index in [1.54, 1.807) is 12.1 Å². The molecule has 0 saturated heterocycles. The standard InChI is InChI=1S/C20H27N3O4/c1-25-16-11-10-14(18(26-2)19(16)27-3)20(24)21-17-12-15(22-23-17)13-8-6-4-5-7-9-13/h10-13H,4-9H2,1-3H3,(H2,21,22,23,24). The minimum absolute atomic E-state index is 0.313. The molecule has 0 bridgehead atoms. The van der Waals surface area contributed by atoms with Crippen LogP contribution in [0.1, 0.15) is 60.5 Å². The van der Waals surface area contributed by atoms with E-state index >= 15 is 0 Å². The normalized spacial score (nSPS) is 15.1. The van der Waals surface area contributed by atoms with Gasteiger partial charge in [-0.1, -0.05) is 25.7 Å². The molecule has 146 valence electrons. The summed E-state index contributed by atoms with van der Waals surface area (Å²) in [4.78, 5) is 12.8. The number of nitrogens with zero attached hydrogens (tertiary/aromatic N) is 1. The first-order valence-corrected chi connectivity index (χ1v) is 9.33. The summed E-state index contributed by atoms with van der Waals surface area (Å²) in [6.07, 6.45) is 7.42. The number of carbonyl (C=O) groups excluding carboxylic acids is 1. The summed E-state index contributed by atoms with van der Waals surface area (Å²) in [5.41, 5.74) is 1.45. The number of hydrogen-bond acceptors (Lipinski definition) is 5. The molecule has 1 aromatic carbocycles. The minimum Gasteiger partial charge on any atom is -0.493 e. The van der Waals surface area contributed by atoms with Crippen LogP contribution >= 0.6 is 0 Å². The number of carbonyl (C=O) groups is 1. The Balaban J connectivity index is 1.78. The Morgan fingerprint density at radius 1 is 1.04 bits per heavy atom. The third-order valence-electron chi connectivity index (χ3n) is 5.08. The van der Waals surface area contributed by atoms with Crippen LogP contribution in [0.25, 0.3) is 0 Å². The van der Waals surface area contributed by atoms with Crippen LogP contribution in [0.5, 0.6) is 17.2 Å². The zero-order chi connectivity index (χ0) is 19.2. The summed E-state index contributed by atoms with van der Waals surface area (Å²) in [6, 6.07) is 5.26. The predicted octanol–water partition coefficient (Wildman–Crippen LogP) is 4.13. The fourth-order valence-electron chi connectivity index (χ4n) is 3.66. The van der Waals surface area contributed by atoms with Gasteiger partial charge in [-0.05, 0) is 25.0 Å². The molecule has 1 amide bonds. The van der Waals surface area contributed by atoms with E-state index in [0.717, 1.165) is 5.69 Å². The van der Waals surface area contributed by atoms with Crippen LogP contribution in [0, 0.1) is 0 Å². The lowest BCUT2D eigenvalue weighted by atomic mass is 9.97. The Bertz CT molecular complexity index is 780. The number of hydrogen-bond donors (Lipinski definition) is 2. The second kappa shape index (κ2) is 8.79. The molecule has 7 heteroatoms. The summed E-state index contributed by atoms with van der Waals surface area (Å²) in [5.74, 6) is 1.90. The van der Waals surface area contributed by atoms with Crippen LogP contribution in [0.2, 0.25) is 0 Å². The van der Waals surface area contributed by atoms with Crippen molar-refractivity contribution >= 4 is 11.7 Å². The van der Waals surface area contributed by atoms with E-state index in [0.29, 0.717) is 34.5 Å². The van der Waals surface area contributed by atoms with Gasteiger partial charge in [-0.15, -0.1) is 0 Å². The quantitative estimate of drug-likeness (QED) is 0.744. The number of amides is 1. The summed E-state index contributed by atoms with van der Waals surface area (Å²) in [7, 11) is 4.54. The molecule has 7 nitrogen and oxygen atoms in total. The predicted molar refractivity (Wildman–Crippen MR) is 103 cm³/mol. The summed E-state index contributed by atoms with van der Waals surface area (Å²) in [6.45, 7) is 0. The van der Waals surface area contributed by atoms with Crippen molar-refractivity contribution in [2.75, 3.05) is 26.6 Å². The van der Waals surface area contributed by atoms with Crippen LogP contribution in [0.15, 0.2) is 18.2 Å². The first kappa shape index (κ1) is 19.1. The van der Waals surface area contributed by atoms with Crippen molar-refractivity contribution in [3.63, 3.8) is 0 Å². The second-order valence-corrected chi connectivity index (χ2v) is 6.73. The number of benzene rings is 1. The van der Waals surface area contributed by atoms with Crippen LogP contribution in [-0.2, 0) is 0 Å². The smallest absolute Gasteiger partial charge is 0.260 e. The van der Waals surface area contributed by atoms with Gasteiger partial charge in [0, 0.05) is 17.7 Å². The van der Waals surface area contributed by atoms with Gasteiger partial charge in [0.15, 0.2) is 17.3 Å². The lowest BCUT2D eigenvalue weighted by Crippen LogP contribution is -2.14. The number of ether oxygens (including phenoxy) is 3. The monoisotopic (exact) mass is 373 g/mol. The number of nitrogens with one attached hydrogen (secondary N) is 2. The van der Waals surface area contributed by atoms with E-state index in [9.17, 15) is 4.79 Å². The van der Waals surface area contributed by atoms with E-state index in [1.165, 1.54) is 59.9 Å². The fraction of sp³-hybridized carbons (Fsp3) is 0.500. The van der Waals surface area contributed by atoms with Gasteiger partial charge >= 0.3 is 0 Å². The van der Waals surface area contributed by atoms with Crippen molar-refractivity contribution in [3.8, 4) is 17.2 Å². The van der Waals surface area contributed by atoms with Crippen molar-refractivity contribution in [2.24, 2.45) is 0 Å². The van der Waals surface area contributed by atoms with Gasteiger partial charge in [0.2, 0.25) is 5.75 Å². The highest BCUT2D eigenvalue weighted by Crippen LogP contribution is 2.40. The third-order valence-corrected chi connectivity index (χ3v) is 5.08. The van der Waals surface area contributed by atoms with E-state index < -0.39 is 0 Å². The number of H-pyrrole nitrogens is 1. The van der Waals surface area contributed by atoms with Gasteiger partial charge in [-0.2, -0.15) is 5.10 Å². The molecule has 0 atom stereocenters. The molecule has 2 N–H and O–H groups in total. The van der Waals surface area contributed by atoms with E-state index in [-0.39, 0.29) is 5.91 Å². The highest BCUT2D eigenvalue weighted by atomic mass is 16.5. The molecule has 1 fully saturated rings. The summed E-state index contributed by atoms with van der Waals surface area (Å²) >= 11 is 0. The molecular weight excluding hydrogens is 346 g/mol. The largest absolute Gasteiger partial charge is 0.493 e. The molecule has 1 saturated carbocycles. The molecule has 2 aromatic rings. The van der Waals surface area contributed by atoms with Crippen molar-refractivity contribution in [2.45, 2.75) is 44.4 Å². The van der Waals surface area contributed by atoms with E-state index in [4.69, 9.17) is 14.2 Å². The number of aromatic nitrogens is 2. The number of aromatic amines is 1. The molecular formula is C20H27N3O4. The lowest BCUT2D eigenvalue weighted by Gasteiger charge is -2.15. The zero-order valence-electron chi connectivity index (χ0n) is 16.1. The van der Waals surface area contributed by atoms with Crippen molar-refractivity contribution in [1.29, 1.82) is 0 Å². The zero-order valence-corrected chi connectivity index (χ0v) is 16.1. The van der Waals surface area contributed by atoms with Crippen molar-refractivity contribution in [3.05, 3.63) is 29.5 Å². The molecule has 1 aliphatic rings. The molecule has 0 unspecified atom stereocenters. The molecule has 27 heavy (non-hydrogen) atoms. The minimum atomic E-state index is -0.313. The molecule has 0 spiro atoms. The van der Waals surface area contributed by atoms with E-state index in [1.807, 2.05) is 6.07 Å². The SMILES string of the molecule is COc1ccc(C(=O)Nc2cc(C3CCCCCC3)[nH]n2)c(OC)c1OC. The lowest BCUT2D eigenvalue weighted by molar-refractivity contribution is 0.102. The Labute approximate surface area is 159 Å². The molecule has 1 aromatic heterocycles. The van der Waals surface area contributed by atoms with Crippen molar-refractivity contribution < 1.29 is 19.0 Å². The maximum Gasteiger partial charge on any atom is 0.260 e. The van der Waals surface area contributed by atoms with Crippen LogP contribution in [0.4, 0.5) is 5.82 Å². The van der Waals surface area contributed by atoms with E-state index in [2.05, 4.69) is 15.5 Å². The highest BCUT2D eigenvalue weighted by Gasteiger charge is 2.22. The Morgan fingerprint density at radius 2 is 1.74 bits per heavy atom. The van der Waals surface area contributed by atoms with Gasteiger partial charge < -0.3 is 19.5 Å². The summed E-state index contributed by atoms with van der Waals surface area (Å²) in [5, 5.41) is 10.2. The average molecular weight is 373 g/mol. The van der Waals surface area contributed by atoms with Gasteiger partial charge in [0.1, 0.15) is 0 Å². The maximum atomic E-state index is 12.8. The van der Waals surface area contributed by atoms with Crippen LogP contribution in [0.3, 0.4) is 0 Å². The van der Waals surface area contributed by atoms with Crippen LogP contribution < -0.4 is 19.5 Å². The topological polar surface area (TPSA) is 85.5 Å². The van der Waals surface area contributed by atoms with Gasteiger partial charge in [-0.3, -0.25) is 9.89 Å². The maximum absolute atomic E-state index is 12.8. The second-order valence-electron chi connectivity index (χ2n) is 6.73. The van der Waals surface area contributed by atoms with Gasteiger partial charge in [-0.25, -0.2) is 0 Å². The molecule has 0 radical (unpaired) electrons. The average Bonchev–Trinajstić information content (AvgIpc) is 2.98. The number of rotatable bonds is 6. The number of anilines is 1. The van der Waals surface area contributed by atoms with Gasteiger partial charge in [0.05, 0.1) is 26.9 Å². The molecule has 1 heterocycles. The Hall–Kier alpha value is -2.70. The van der Waals surface area contributed by atoms with Gasteiger partial charge in [0.25, 0.3) is 5.91 Å². The first-order chi connectivity index (χ1) is 13.2. The highest BCUT2D eigenvalue weighted by molar-refractivity contribution is 6.06. The Kier molecular flexibility index (Phi) is 6.21. The fourth-order valence-corrected chi connectivity index (χ4v) is 3.66.